The van der Waals surface area contributed by atoms with Crippen LogP contribution >= 0.6 is 0 Å². The molecule has 0 aliphatic heterocycles. The molecule has 1 aliphatic carbocycles. The first-order valence-corrected chi connectivity index (χ1v) is 8.75. The number of aryl methyl sites for hydroxylation is 2. The second-order valence-corrected chi connectivity index (χ2v) is 6.20. The molecule has 0 spiro atoms. The molecule has 0 saturated carbocycles. The molecule has 5 nitrogen and oxygen atoms in total. The number of hydrogen-bond acceptors (Lipinski definition) is 5. The van der Waals surface area contributed by atoms with Gasteiger partial charge in [-0.2, -0.15) is 0 Å². The van der Waals surface area contributed by atoms with Crippen LogP contribution in [0.1, 0.15) is 35.1 Å². The van der Waals surface area contributed by atoms with Crippen LogP contribution in [0.25, 0.3) is 0 Å². The van der Waals surface area contributed by atoms with E-state index in [1.807, 2.05) is 24.3 Å². The molecule has 3 rings (SSSR count). The van der Waals surface area contributed by atoms with Gasteiger partial charge in [0, 0.05) is 5.56 Å². The van der Waals surface area contributed by atoms with Gasteiger partial charge < -0.3 is 14.3 Å². The van der Waals surface area contributed by atoms with Gasteiger partial charge in [0.05, 0.1) is 7.11 Å². The molecule has 0 aromatic heterocycles. The van der Waals surface area contributed by atoms with Crippen LogP contribution in [0.2, 0.25) is 0 Å². The first-order valence-electron chi connectivity index (χ1n) is 8.75. The van der Waals surface area contributed by atoms with E-state index in [1.54, 1.807) is 6.07 Å². The van der Waals surface area contributed by atoms with E-state index >= 15 is 0 Å². The average molecular weight is 353 g/mol. The maximum absolute atomic E-state index is 12.0. The number of nitrogens with zero attached hydrogens (tertiary/aromatic N) is 1. The smallest absolute Gasteiger partial charge is 0.360 e. The summed E-state index contributed by atoms with van der Waals surface area (Å²) in [4.78, 5) is 16.8. The summed E-state index contributed by atoms with van der Waals surface area (Å²) in [5, 5.41) is 3.83. The summed E-state index contributed by atoms with van der Waals surface area (Å²) in [6, 6.07) is 13.7. The lowest BCUT2D eigenvalue weighted by Crippen LogP contribution is -2.19. The number of hydrogen-bond donors (Lipinski definition) is 0. The van der Waals surface area contributed by atoms with Gasteiger partial charge in [0.15, 0.2) is 5.71 Å². The first kappa shape index (κ1) is 18.0. The van der Waals surface area contributed by atoms with E-state index in [4.69, 9.17) is 14.3 Å². The lowest BCUT2D eigenvalue weighted by Gasteiger charge is -2.17. The van der Waals surface area contributed by atoms with Gasteiger partial charge >= 0.3 is 5.97 Å². The molecule has 1 aliphatic rings. The van der Waals surface area contributed by atoms with Crippen molar-refractivity contribution in [2.45, 2.75) is 32.3 Å². The van der Waals surface area contributed by atoms with Gasteiger partial charge in [-0.05, 0) is 54.5 Å². The van der Waals surface area contributed by atoms with Crippen LogP contribution in [0.5, 0.6) is 5.75 Å². The molecular formula is C21H23NO4. The molecule has 0 amide bonds. The number of fused-ring (bicyclic) bond motifs is 1. The second-order valence-electron chi connectivity index (χ2n) is 6.20. The maximum Gasteiger partial charge on any atom is 0.360 e. The molecule has 0 atom stereocenters. The molecule has 5 heteroatoms. The van der Waals surface area contributed by atoms with Crippen molar-refractivity contribution in [1.29, 1.82) is 0 Å². The Hall–Kier alpha value is -2.82. The Kier molecular flexibility index (Phi) is 5.89. The summed E-state index contributed by atoms with van der Waals surface area (Å²) >= 11 is 0. The number of oxime groups is 1. The Morgan fingerprint density at radius 2 is 1.81 bits per heavy atom. The molecule has 0 fully saturated rings. The zero-order chi connectivity index (χ0) is 18.4. The van der Waals surface area contributed by atoms with E-state index in [9.17, 15) is 4.79 Å². The minimum absolute atomic E-state index is 0.125. The van der Waals surface area contributed by atoms with Gasteiger partial charge in [-0.1, -0.05) is 35.5 Å². The normalized spacial score (nSPS) is 13.7. The molecule has 2 aromatic carbocycles. The summed E-state index contributed by atoms with van der Waals surface area (Å²) in [5.41, 5.74) is 4.40. The van der Waals surface area contributed by atoms with Crippen molar-refractivity contribution in [3.8, 4) is 5.75 Å². The number of esters is 1. The third-order valence-corrected chi connectivity index (χ3v) is 4.55. The highest BCUT2D eigenvalue weighted by Crippen LogP contribution is 2.26. The topological polar surface area (TPSA) is 57.1 Å². The third-order valence-electron chi connectivity index (χ3n) is 4.55. The molecule has 136 valence electrons. The van der Waals surface area contributed by atoms with Crippen LogP contribution in [0.15, 0.2) is 47.6 Å². The molecule has 0 N–H and O–H groups in total. The van der Waals surface area contributed by atoms with Gasteiger partial charge in [-0.25, -0.2) is 4.79 Å². The molecule has 0 radical (unpaired) electrons. The van der Waals surface area contributed by atoms with E-state index in [-0.39, 0.29) is 5.71 Å². The molecule has 26 heavy (non-hydrogen) atoms. The number of ether oxygens (including phenoxy) is 2. The molecule has 0 heterocycles. The van der Waals surface area contributed by atoms with Crippen molar-refractivity contribution in [2.75, 3.05) is 14.2 Å². The predicted molar refractivity (Wildman–Crippen MR) is 99.4 cm³/mol. The number of carbonyl (C=O) groups excluding carboxylic acids is 1. The number of carbonyl (C=O) groups is 1. The standard InChI is InChI=1S/C21H23NO4/c1-24-21(23)20(22-25-2)19-10-6-5-9-17(19)14-26-18-12-11-15-7-3-4-8-16(15)13-18/h5-6,9-13H,3-4,7-8,14H2,1-2H3. The monoisotopic (exact) mass is 353 g/mol. The average Bonchev–Trinajstić information content (AvgIpc) is 2.70. The Morgan fingerprint density at radius 1 is 1.04 bits per heavy atom. The van der Waals surface area contributed by atoms with Crippen molar-refractivity contribution in [2.24, 2.45) is 5.16 Å². The predicted octanol–water partition coefficient (Wildman–Crippen LogP) is 3.67. The van der Waals surface area contributed by atoms with E-state index in [0.717, 1.165) is 24.2 Å². The SMILES string of the molecule is CON=C(C(=O)OC)c1ccccc1COc1ccc2c(c1)CCCC2. The summed E-state index contributed by atoms with van der Waals surface area (Å²) in [5.74, 6) is 0.289. The van der Waals surface area contributed by atoms with Gasteiger partial charge in [0.25, 0.3) is 0 Å². The molecule has 0 saturated heterocycles. The second kappa shape index (κ2) is 8.52. The Balaban J connectivity index is 1.80. The van der Waals surface area contributed by atoms with Crippen LogP contribution < -0.4 is 4.74 Å². The van der Waals surface area contributed by atoms with Crippen molar-refractivity contribution in [1.82, 2.24) is 0 Å². The van der Waals surface area contributed by atoms with Crippen molar-refractivity contribution < 1.29 is 19.1 Å². The number of benzene rings is 2. The van der Waals surface area contributed by atoms with Crippen LogP contribution in [-0.4, -0.2) is 25.9 Å². The highest BCUT2D eigenvalue weighted by atomic mass is 16.6. The summed E-state index contributed by atoms with van der Waals surface area (Å²) < 4.78 is 10.8. The zero-order valence-corrected chi connectivity index (χ0v) is 15.2. The van der Waals surface area contributed by atoms with Crippen LogP contribution in [0, 0.1) is 0 Å². The van der Waals surface area contributed by atoms with Gasteiger partial charge in [0.1, 0.15) is 19.5 Å². The lowest BCUT2D eigenvalue weighted by molar-refractivity contribution is -0.132. The largest absolute Gasteiger partial charge is 0.489 e. The molecule has 0 bridgehead atoms. The van der Waals surface area contributed by atoms with Gasteiger partial charge in [-0.15, -0.1) is 0 Å². The minimum Gasteiger partial charge on any atom is -0.489 e. The van der Waals surface area contributed by atoms with Gasteiger partial charge in [0.2, 0.25) is 0 Å². The van der Waals surface area contributed by atoms with Crippen LogP contribution in [-0.2, 0) is 33.8 Å². The van der Waals surface area contributed by atoms with E-state index in [2.05, 4.69) is 17.3 Å². The summed E-state index contributed by atoms with van der Waals surface area (Å²) in [6.07, 6.45) is 4.75. The molecule has 2 aromatic rings. The molecular weight excluding hydrogens is 330 g/mol. The Labute approximate surface area is 153 Å². The Morgan fingerprint density at radius 3 is 2.58 bits per heavy atom. The third kappa shape index (κ3) is 4.04. The number of methoxy groups -OCH3 is 1. The summed E-state index contributed by atoms with van der Waals surface area (Å²) in [7, 11) is 2.72. The lowest BCUT2D eigenvalue weighted by atomic mass is 9.92. The fourth-order valence-corrected chi connectivity index (χ4v) is 3.22. The van der Waals surface area contributed by atoms with E-state index in [1.165, 1.54) is 38.2 Å². The van der Waals surface area contributed by atoms with Crippen LogP contribution in [0.3, 0.4) is 0 Å². The zero-order valence-electron chi connectivity index (χ0n) is 15.2. The van der Waals surface area contributed by atoms with Crippen molar-refractivity contribution in [3.63, 3.8) is 0 Å². The minimum atomic E-state index is -0.548. The quantitative estimate of drug-likeness (QED) is 0.452. The fourth-order valence-electron chi connectivity index (χ4n) is 3.22. The summed E-state index contributed by atoms with van der Waals surface area (Å²) in [6.45, 7) is 0.328. The Bertz CT molecular complexity index is 813. The first-order chi connectivity index (χ1) is 12.7. The number of rotatable bonds is 6. The van der Waals surface area contributed by atoms with Crippen molar-refractivity contribution in [3.05, 3.63) is 64.7 Å². The van der Waals surface area contributed by atoms with E-state index in [0.29, 0.717) is 12.2 Å². The van der Waals surface area contributed by atoms with Crippen molar-refractivity contribution >= 4 is 11.7 Å². The highest BCUT2D eigenvalue weighted by Gasteiger charge is 2.19. The van der Waals surface area contributed by atoms with Crippen LogP contribution in [0.4, 0.5) is 0 Å². The maximum atomic E-state index is 12.0. The molecule has 0 unspecified atom stereocenters. The fraction of sp³-hybridized carbons (Fsp3) is 0.333. The van der Waals surface area contributed by atoms with Gasteiger partial charge in [-0.3, -0.25) is 0 Å². The highest BCUT2D eigenvalue weighted by molar-refractivity contribution is 6.43. The van der Waals surface area contributed by atoms with E-state index < -0.39 is 5.97 Å².